The summed E-state index contributed by atoms with van der Waals surface area (Å²) in [6, 6.07) is 3.78. The Morgan fingerprint density at radius 1 is 1.32 bits per heavy atom. The van der Waals surface area contributed by atoms with Gasteiger partial charge in [0.15, 0.2) is 0 Å². The summed E-state index contributed by atoms with van der Waals surface area (Å²) in [4.78, 5) is 19.0. The minimum absolute atomic E-state index is 0.00468. The highest BCUT2D eigenvalue weighted by molar-refractivity contribution is 5.94. The zero-order chi connectivity index (χ0) is 16.0. The van der Waals surface area contributed by atoms with Crippen LogP contribution in [0, 0.1) is 0 Å². The second-order valence-electron chi connectivity index (χ2n) is 7.44. The molecule has 1 aromatic heterocycles. The summed E-state index contributed by atoms with van der Waals surface area (Å²) in [5.41, 5.74) is 0.0374. The molecule has 3 heterocycles. The van der Waals surface area contributed by atoms with Crippen molar-refractivity contribution in [1.29, 1.82) is 0 Å². The molecule has 0 bridgehead atoms. The Morgan fingerprint density at radius 3 is 2.50 bits per heavy atom. The van der Waals surface area contributed by atoms with Gasteiger partial charge in [-0.15, -0.1) is 0 Å². The van der Waals surface area contributed by atoms with Gasteiger partial charge < -0.3 is 15.0 Å². The van der Waals surface area contributed by atoms with Crippen LogP contribution in [0.25, 0.3) is 0 Å². The monoisotopic (exact) mass is 303 g/mol. The first kappa shape index (κ1) is 15.3. The molecule has 1 amide bonds. The van der Waals surface area contributed by atoms with E-state index in [1.807, 2.05) is 26.0 Å². The molecule has 2 aliphatic rings. The number of hydrogen-bond donors (Lipinski definition) is 1. The molecule has 0 saturated carbocycles. The van der Waals surface area contributed by atoms with Gasteiger partial charge in [-0.05, 0) is 52.7 Å². The Kier molecular flexibility index (Phi) is 3.63. The zero-order valence-electron chi connectivity index (χ0n) is 13.8. The molecular formula is C17H25N3O2. The molecule has 5 heteroatoms. The average molecular weight is 303 g/mol. The third-order valence-electron chi connectivity index (χ3n) is 4.57. The highest BCUT2D eigenvalue weighted by Crippen LogP contribution is 2.37. The molecule has 0 spiro atoms. The number of carbonyl (C=O) groups is 1. The van der Waals surface area contributed by atoms with E-state index in [0.29, 0.717) is 5.56 Å². The predicted octanol–water partition coefficient (Wildman–Crippen LogP) is 2.37. The quantitative estimate of drug-likeness (QED) is 0.931. The number of rotatable bonds is 3. The third kappa shape index (κ3) is 2.95. The molecular weight excluding hydrogens is 278 g/mol. The number of nitrogens with zero attached hydrogens (tertiary/aromatic N) is 2. The van der Waals surface area contributed by atoms with Crippen molar-refractivity contribution in [2.45, 2.75) is 57.8 Å². The number of hydrogen-bond acceptors (Lipinski definition) is 4. The SMILES string of the molecule is CC1(C)CC(NC(=O)c2ccc(N3CCC3)nc2)C(C)(C)O1. The molecule has 3 rings (SSSR count). The number of carbonyl (C=O) groups excluding carboxylic acids is 1. The van der Waals surface area contributed by atoms with Gasteiger partial charge in [-0.3, -0.25) is 4.79 Å². The minimum Gasteiger partial charge on any atom is -0.367 e. The highest BCUT2D eigenvalue weighted by atomic mass is 16.5. The summed E-state index contributed by atoms with van der Waals surface area (Å²) in [7, 11) is 0. The van der Waals surface area contributed by atoms with Gasteiger partial charge in [0.25, 0.3) is 5.91 Å². The topological polar surface area (TPSA) is 54.5 Å². The second-order valence-corrected chi connectivity index (χ2v) is 7.44. The van der Waals surface area contributed by atoms with E-state index in [1.165, 1.54) is 6.42 Å². The molecule has 1 unspecified atom stereocenters. The number of nitrogens with one attached hydrogen (secondary N) is 1. The lowest BCUT2D eigenvalue weighted by Gasteiger charge is -2.32. The van der Waals surface area contributed by atoms with E-state index in [0.717, 1.165) is 25.3 Å². The first-order valence-electron chi connectivity index (χ1n) is 7.99. The molecule has 22 heavy (non-hydrogen) atoms. The molecule has 2 aliphatic heterocycles. The van der Waals surface area contributed by atoms with E-state index in [9.17, 15) is 4.79 Å². The van der Waals surface area contributed by atoms with Gasteiger partial charge in [-0.25, -0.2) is 4.98 Å². The van der Waals surface area contributed by atoms with Crippen LogP contribution in [-0.4, -0.2) is 41.2 Å². The van der Waals surface area contributed by atoms with Gasteiger partial charge in [-0.2, -0.15) is 0 Å². The molecule has 2 saturated heterocycles. The lowest BCUT2D eigenvalue weighted by atomic mass is 9.94. The van der Waals surface area contributed by atoms with Crippen molar-refractivity contribution in [2.24, 2.45) is 0 Å². The largest absolute Gasteiger partial charge is 0.367 e. The first-order valence-corrected chi connectivity index (χ1v) is 7.99. The summed E-state index contributed by atoms with van der Waals surface area (Å²) >= 11 is 0. The summed E-state index contributed by atoms with van der Waals surface area (Å²) in [6.45, 7) is 10.3. The van der Waals surface area contributed by atoms with Crippen LogP contribution in [0.5, 0.6) is 0 Å². The van der Waals surface area contributed by atoms with Gasteiger partial charge >= 0.3 is 0 Å². The van der Waals surface area contributed by atoms with Gasteiger partial charge in [0.05, 0.1) is 22.8 Å². The van der Waals surface area contributed by atoms with Gasteiger partial charge in [0.2, 0.25) is 0 Å². The summed E-state index contributed by atoms with van der Waals surface area (Å²) < 4.78 is 6.02. The van der Waals surface area contributed by atoms with Crippen LogP contribution in [-0.2, 0) is 4.74 Å². The van der Waals surface area contributed by atoms with Crippen LogP contribution in [0.3, 0.4) is 0 Å². The Labute approximate surface area is 132 Å². The number of pyridine rings is 1. The number of anilines is 1. The van der Waals surface area contributed by atoms with Crippen molar-refractivity contribution >= 4 is 11.7 Å². The molecule has 0 radical (unpaired) electrons. The predicted molar refractivity (Wildman–Crippen MR) is 86.2 cm³/mol. The van der Waals surface area contributed by atoms with Gasteiger partial charge in [0, 0.05) is 19.3 Å². The Hall–Kier alpha value is -1.62. The van der Waals surface area contributed by atoms with E-state index in [2.05, 4.69) is 29.0 Å². The van der Waals surface area contributed by atoms with Gasteiger partial charge in [0.1, 0.15) is 5.82 Å². The van der Waals surface area contributed by atoms with Crippen molar-refractivity contribution in [3.05, 3.63) is 23.9 Å². The van der Waals surface area contributed by atoms with Crippen molar-refractivity contribution in [2.75, 3.05) is 18.0 Å². The maximum Gasteiger partial charge on any atom is 0.253 e. The van der Waals surface area contributed by atoms with E-state index in [-0.39, 0.29) is 23.2 Å². The summed E-state index contributed by atoms with van der Waals surface area (Å²) in [6.07, 6.45) is 3.69. The highest BCUT2D eigenvalue weighted by Gasteiger charge is 2.46. The van der Waals surface area contributed by atoms with Crippen LogP contribution >= 0.6 is 0 Å². The Morgan fingerprint density at radius 2 is 2.05 bits per heavy atom. The van der Waals surface area contributed by atoms with E-state index in [1.54, 1.807) is 6.20 Å². The minimum atomic E-state index is -0.357. The second kappa shape index (κ2) is 5.23. The molecule has 2 fully saturated rings. The van der Waals surface area contributed by atoms with Crippen molar-refractivity contribution < 1.29 is 9.53 Å². The van der Waals surface area contributed by atoms with Gasteiger partial charge in [-0.1, -0.05) is 0 Å². The third-order valence-corrected chi connectivity index (χ3v) is 4.57. The average Bonchev–Trinajstić information content (AvgIpc) is 2.55. The van der Waals surface area contributed by atoms with E-state index in [4.69, 9.17) is 4.74 Å². The fraction of sp³-hybridized carbons (Fsp3) is 0.647. The van der Waals surface area contributed by atoms with Crippen molar-refractivity contribution in [3.8, 4) is 0 Å². The Balaban J connectivity index is 1.66. The van der Waals surface area contributed by atoms with Crippen LogP contribution in [0.15, 0.2) is 18.3 Å². The smallest absolute Gasteiger partial charge is 0.253 e. The number of amides is 1. The van der Waals surface area contributed by atoms with E-state index >= 15 is 0 Å². The maximum absolute atomic E-state index is 12.4. The fourth-order valence-electron chi connectivity index (χ4n) is 3.28. The normalized spacial score (nSPS) is 25.6. The van der Waals surface area contributed by atoms with Crippen LogP contribution in [0.4, 0.5) is 5.82 Å². The molecule has 1 atom stereocenters. The molecule has 0 aromatic carbocycles. The summed E-state index contributed by atoms with van der Waals surface area (Å²) in [5.74, 6) is 0.871. The maximum atomic E-state index is 12.4. The molecule has 5 nitrogen and oxygen atoms in total. The molecule has 0 aliphatic carbocycles. The summed E-state index contributed by atoms with van der Waals surface area (Å²) in [5, 5.41) is 3.10. The molecule has 1 aromatic rings. The fourth-order valence-corrected chi connectivity index (χ4v) is 3.28. The standard InChI is InChI=1S/C17H25N3O2/c1-16(2)10-13(17(3,4)22-16)19-15(21)12-6-7-14(18-11-12)20-8-5-9-20/h6-7,11,13H,5,8-10H2,1-4H3,(H,19,21). The number of aromatic nitrogens is 1. The van der Waals surface area contributed by atoms with Crippen molar-refractivity contribution in [3.63, 3.8) is 0 Å². The van der Waals surface area contributed by atoms with Crippen molar-refractivity contribution in [1.82, 2.24) is 10.3 Å². The lowest BCUT2D eigenvalue weighted by Crippen LogP contribution is -2.46. The first-order chi connectivity index (χ1) is 10.3. The Bertz CT molecular complexity index is 562. The van der Waals surface area contributed by atoms with E-state index < -0.39 is 0 Å². The molecule has 120 valence electrons. The molecule has 1 N–H and O–H groups in total. The van der Waals surface area contributed by atoms with Crippen LogP contribution in [0.2, 0.25) is 0 Å². The van der Waals surface area contributed by atoms with Crippen LogP contribution in [0.1, 0.15) is 50.9 Å². The van der Waals surface area contributed by atoms with Crippen LogP contribution < -0.4 is 10.2 Å². The zero-order valence-corrected chi connectivity index (χ0v) is 13.8. The number of ether oxygens (including phenoxy) is 1. The lowest BCUT2D eigenvalue weighted by molar-refractivity contribution is -0.0693.